The van der Waals surface area contributed by atoms with Crippen molar-refractivity contribution in [3.63, 3.8) is 0 Å². The van der Waals surface area contributed by atoms with Crippen LogP contribution in [0.2, 0.25) is 0 Å². The summed E-state index contributed by atoms with van der Waals surface area (Å²) in [6, 6.07) is 0. The van der Waals surface area contributed by atoms with Gasteiger partial charge in [-0.1, -0.05) is 13.8 Å². The number of rotatable bonds is 3. The minimum atomic E-state index is 0. The number of hydrogen-bond acceptors (Lipinski definition) is 2. The van der Waals surface area contributed by atoms with Gasteiger partial charge in [-0.3, -0.25) is 0 Å². The van der Waals surface area contributed by atoms with E-state index in [9.17, 15) is 0 Å². The van der Waals surface area contributed by atoms with Crippen LogP contribution < -0.4 is 5.73 Å². The summed E-state index contributed by atoms with van der Waals surface area (Å²) in [5.41, 5.74) is 5.49. The monoisotopic (exact) mass is 228 g/mol. The summed E-state index contributed by atoms with van der Waals surface area (Å²) in [6.45, 7) is 9.07. The van der Waals surface area contributed by atoms with Gasteiger partial charge in [0.1, 0.15) is 0 Å². The van der Waals surface area contributed by atoms with Gasteiger partial charge in [0.2, 0.25) is 0 Å². The Kier molecular flexibility index (Phi) is 9.65. The quantitative estimate of drug-likeness (QED) is 0.799. The zero-order valence-corrected chi connectivity index (χ0v) is 10.2. The van der Waals surface area contributed by atoms with E-state index in [1.807, 2.05) is 0 Å². The highest BCUT2D eigenvalue weighted by Gasteiger charge is 2.23. The summed E-state index contributed by atoms with van der Waals surface area (Å²) in [4.78, 5) is 2.48. The second-order valence-corrected chi connectivity index (χ2v) is 3.88. The molecule has 1 saturated heterocycles. The Morgan fingerprint density at radius 1 is 1.38 bits per heavy atom. The minimum absolute atomic E-state index is 0. The summed E-state index contributed by atoms with van der Waals surface area (Å²) in [6.07, 6.45) is 1.37. The molecule has 0 saturated carbocycles. The predicted molar refractivity (Wildman–Crippen MR) is 62.9 cm³/mol. The Morgan fingerprint density at radius 2 is 2.00 bits per heavy atom. The average Bonchev–Trinajstić information content (AvgIpc) is 2.37. The molecule has 4 heteroatoms. The molecule has 0 radical (unpaired) electrons. The molecule has 1 fully saturated rings. The molecule has 1 aliphatic rings. The molecule has 2 nitrogen and oxygen atoms in total. The lowest BCUT2D eigenvalue weighted by molar-refractivity contribution is 0.310. The van der Waals surface area contributed by atoms with Crippen LogP contribution in [-0.4, -0.2) is 31.1 Å². The van der Waals surface area contributed by atoms with E-state index in [-0.39, 0.29) is 24.8 Å². The summed E-state index contributed by atoms with van der Waals surface area (Å²) in [5, 5.41) is 0. The van der Waals surface area contributed by atoms with Crippen molar-refractivity contribution >= 4 is 24.8 Å². The first kappa shape index (κ1) is 15.9. The first-order chi connectivity index (χ1) is 5.24. The molecule has 82 valence electrons. The SMILES string of the molecule is CC(C)C1CCN(CCN)C1.Cl.Cl. The van der Waals surface area contributed by atoms with Crippen LogP contribution in [0.5, 0.6) is 0 Å². The Hall–Kier alpha value is 0.500. The van der Waals surface area contributed by atoms with E-state index < -0.39 is 0 Å². The third-order valence-corrected chi connectivity index (χ3v) is 2.70. The second kappa shape index (κ2) is 7.86. The molecule has 0 spiro atoms. The first-order valence-corrected chi connectivity index (χ1v) is 4.66. The smallest absolute Gasteiger partial charge is 0.0105 e. The fourth-order valence-corrected chi connectivity index (χ4v) is 1.79. The Labute approximate surface area is 94.1 Å². The van der Waals surface area contributed by atoms with E-state index in [4.69, 9.17) is 5.73 Å². The average molecular weight is 229 g/mol. The normalized spacial score (nSPS) is 22.6. The lowest BCUT2D eigenvalue weighted by atomic mass is 9.95. The Morgan fingerprint density at radius 3 is 2.38 bits per heavy atom. The van der Waals surface area contributed by atoms with E-state index in [0.717, 1.165) is 24.9 Å². The minimum Gasteiger partial charge on any atom is -0.329 e. The van der Waals surface area contributed by atoms with Crippen molar-refractivity contribution in [3.8, 4) is 0 Å². The standard InChI is InChI=1S/C9H20N2.2ClH/c1-8(2)9-3-5-11(7-9)6-4-10;;/h8-9H,3-7,10H2,1-2H3;2*1H. The van der Waals surface area contributed by atoms with Crippen molar-refractivity contribution in [1.29, 1.82) is 0 Å². The van der Waals surface area contributed by atoms with Crippen LogP contribution in [0.3, 0.4) is 0 Å². The largest absolute Gasteiger partial charge is 0.329 e. The van der Waals surface area contributed by atoms with Crippen LogP contribution >= 0.6 is 24.8 Å². The zero-order chi connectivity index (χ0) is 8.27. The maximum atomic E-state index is 5.49. The molecule has 0 aromatic carbocycles. The second-order valence-electron chi connectivity index (χ2n) is 3.88. The predicted octanol–water partition coefficient (Wildman–Crippen LogP) is 1.77. The highest BCUT2D eigenvalue weighted by atomic mass is 35.5. The summed E-state index contributed by atoms with van der Waals surface area (Å²) >= 11 is 0. The molecule has 13 heavy (non-hydrogen) atoms. The van der Waals surface area contributed by atoms with Gasteiger partial charge in [-0.2, -0.15) is 0 Å². The number of likely N-dealkylation sites (tertiary alicyclic amines) is 1. The van der Waals surface area contributed by atoms with Gasteiger partial charge in [0.25, 0.3) is 0 Å². The zero-order valence-electron chi connectivity index (χ0n) is 8.53. The highest BCUT2D eigenvalue weighted by molar-refractivity contribution is 5.85. The maximum absolute atomic E-state index is 5.49. The van der Waals surface area contributed by atoms with E-state index >= 15 is 0 Å². The molecule has 1 rings (SSSR count). The molecule has 1 heterocycles. The van der Waals surface area contributed by atoms with Gasteiger partial charge in [0.05, 0.1) is 0 Å². The van der Waals surface area contributed by atoms with Crippen LogP contribution in [0.25, 0.3) is 0 Å². The lowest BCUT2D eigenvalue weighted by Gasteiger charge is -2.16. The third-order valence-electron chi connectivity index (χ3n) is 2.70. The topological polar surface area (TPSA) is 29.3 Å². The van der Waals surface area contributed by atoms with Crippen LogP contribution in [0.1, 0.15) is 20.3 Å². The van der Waals surface area contributed by atoms with Crippen molar-refractivity contribution in [2.75, 3.05) is 26.2 Å². The van der Waals surface area contributed by atoms with Gasteiger partial charge in [-0.05, 0) is 24.8 Å². The number of nitrogens with two attached hydrogens (primary N) is 1. The highest BCUT2D eigenvalue weighted by Crippen LogP contribution is 2.22. The van der Waals surface area contributed by atoms with Gasteiger partial charge >= 0.3 is 0 Å². The number of hydrogen-bond donors (Lipinski definition) is 1. The summed E-state index contributed by atoms with van der Waals surface area (Å²) in [5.74, 6) is 1.76. The van der Waals surface area contributed by atoms with Gasteiger partial charge in [0.15, 0.2) is 0 Å². The molecule has 0 bridgehead atoms. The van der Waals surface area contributed by atoms with Crippen LogP contribution in [0, 0.1) is 11.8 Å². The Bertz CT molecular complexity index is 120. The molecule has 1 unspecified atom stereocenters. The van der Waals surface area contributed by atoms with Gasteiger partial charge in [-0.15, -0.1) is 24.8 Å². The molecule has 1 aliphatic heterocycles. The Balaban J connectivity index is 0. The van der Waals surface area contributed by atoms with Crippen LogP contribution in [0.15, 0.2) is 0 Å². The van der Waals surface area contributed by atoms with Gasteiger partial charge in [-0.25, -0.2) is 0 Å². The first-order valence-electron chi connectivity index (χ1n) is 4.66. The van der Waals surface area contributed by atoms with Crippen molar-refractivity contribution in [2.24, 2.45) is 17.6 Å². The molecule has 0 aliphatic carbocycles. The fraction of sp³-hybridized carbons (Fsp3) is 1.00. The van der Waals surface area contributed by atoms with E-state index in [2.05, 4.69) is 18.7 Å². The molecule has 0 aromatic heterocycles. The van der Waals surface area contributed by atoms with E-state index in [0.29, 0.717) is 0 Å². The van der Waals surface area contributed by atoms with Crippen molar-refractivity contribution in [3.05, 3.63) is 0 Å². The van der Waals surface area contributed by atoms with Crippen LogP contribution in [0.4, 0.5) is 0 Å². The molecular formula is C9H22Cl2N2. The third kappa shape index (κ3) is 5.06. The summed E-state index contributed by atoms with van der Waals surface area (Å²) in [7, 11) is 0. The van der Waals surface area contributed by atoms with Gasteiger partial charge in [0, 0.05) is 19.6 Å². The van der Waals surface area contributed by atoms with Gasteiger partial charge < -0.3 is 10.6 Å². The number of halogens is 2. The van der Waals surface area contributed by atoms with E-state index in [1.165, 1.54) is 19.5 Å². The molecule has 0 amide bonds. The molecule has 0 aromatic rings. The fourth-order valence-electron chi connectivity index (χ4n) is 1.79. The lowest BCUT2D eigenvalue weighted by Crippen LogP contribution is -2.27. The molecular weight excluding hydrogens is 207 g/mol. The van der Waals surface area contributed by atoms with E-state index in [1.54, 1.807) is 0 Å². The van der Waals surface area contributed by atoms with Crippen molar-refractivity contribution < 1.29 is 0 Å². The van der Waals surface area contributed by atoms with Crippen molar-refractivity contribution in [2.45, 2.75) is 20.3 Å². The van der Waals surface area contributed by atoms with Crippen molar-refractivity contribution in [1.82, 2.24) is 4.90 Å². The number of nitrogens with zero attached hydrogens (tertiary/aromatic N) is 1. The summed E-state index contributed by atoms with van der Waals surface area (Å²) < 4.78 is 0. The molecule has 1 atom stereocenters. The molecule has 2 N–H and O–H groups in total. The van der Waals surface area contributed by atoms with Crippen LogP contribution in [-0.2, 0) is 0 Å². The maximum Gasteiger partial charge on any atom is 0.0105 e.